The van der Waals surface area contributed by atoms with E-state index < -0.39 is 9.84 Å². The van der Waals surface area contributed by atoms with Gasteiger partial charge in [-0.3, -0.25) is 0 Å². The van der Waals surface area contributed by atoms with Crippen molar-refractivity contribution >= 4 is 21.2 Å². The van der Waals surface area contributed by atoms with Crippen LogP contribution in [0.3, 0.4) is 0 Å². The highest BCUT2D eigenvalue weighted by atomic mass is 32.2. The van der Waals surface area contributed by atoms with Gasteiger partial charge in [-0.2, -0.15) is 5.26 Å². The summed E-state index contributed by atoms with van der Waals surface area (Å²) in [4.78, 5) is 2.00. The molecule has 1 aromatic carbocycles. The van der Waals surface area contributed by atoms with Gasteiger partial charge in [0, 0.05) is 24.0 Å². The van der Waals surface area contributed by atoms with Gasteiger partial charge < -0.3 is 10.6 Å². The highest BCUT2D eigenvalue weighted by molar-refractivity contribution is 7.91. The zero-order chi connectivity index (χ0) is 13.3. The zero-order valence-corrected chi connectivity index (χ0v) is 10.9. The van der Waals surface area contributed by atoms with Crippen molar-refractivity contribution in [3.63, 3.8) is 0 Å². The maximum Gasteiger partial charge on any atom is 0.154 e. The highest BCUT2D eigenvalue weighted by Crippen LogP contribution is 2.25. The summed E-state index contributed by atoms with van der Waals surface area (Å²) in [6.07, 6.45) is 0. The molecule has 1 saturated heterocycles. The summed E-state index contributed by atoms with van der Waals surface area (Å²) in [5.41, 5.74) is 7.39. The lowest BCUT2D eigenvalue weighted by Gasteiger charge is -2.35. The Balaban J connectivity index is 2.31. The first-order valence-electron chi connectivity index (χ1n) is 5.69. The fourth-order valence-electron chi connectivity index (χ4n) is 2.20. The van der Waals surface area contributed by atoms with E-state index in [0.29, 0.717) is 17.8 Å². The first kappa shape index (κ1) is 12.7. The van der Waals surface area contributed by atoms with Gasteiger partial charge in [0.05, 0.1) is 17.1 Å². The van der Waals surface area contributed by atoms with E-state index >= 15 is 0 Å². The molecule has 0 spiro atoms. The minimum absolute atomic E-state index is 0.0843. The predicted octanol–water partition coefficient (Wildman–Crippen LogP) is 0.764. The Hall–Kier alpha value is -1.74. The van der Waals surface area contributed by atoms with Gasteiger partial charge in [-0.25, -0.2) is 8.42 Å². The van der Waals surface area contributed by atoms with Gasteiger partial charge in [0.1, 0.15) is 6.07 Å². The van der Waals surface area contributed by atoms with Crippen molar-refractivity contribution in [2.24, 2.45) is 0 Å². The molecule has 1 atom stereocenters. The molecule has 0 amide bonds. The number of sulfone groups is 1. The van der Waals surface area contributed by atoms with E-state index in [1.165, 1.54) is 0 Å². The van der Waals surface area contributed by atoms with Crippen LogP contribution in [-0.4, -0.2) is 32.5 Å². The largest absolute Gasteiger partial charge is 0.398 e. The van der Waals surface area contributed by atoms with Crippen molar-refractivity contribution in [1.82, 2.24) is 0 Å². The van der Waals surface area contributed by atoms with Crippen LogP contribution in [0.5, 0.6) is 0 Å². The van der Waals surface area contributed by atoms with E-state index in [1.54, 1.807) is 12.1 Å². The summed E-state index contributed by atoms with van der Waals surface area (Å²) in [6, 6.07) is 7.17. The second kappa shape index (κ2) is 4.50. The summed E-state index contributed by atoms with van der Waals surface area (Å²) in [7, 11) is -2.93. The SMILES string of the molecule is CC1CS(=O)(=O)CCN1c1ccc(N)c(C#N)c1. The van der Waals surface area contributed by atoms with Crippen LogP contribution in [0.15, 0.2) is 18.2 Å². The number of anilines is 2. The van der Waals surface area contributed by atoms with Crippen LogP contribution >= 0.6 is 0 Å². The number of nitrogen functional groups attached to an aromatic ring is 1. The van der Waals surface area contributed by atoms with Gasteiger partial charge in [-0.15, -0.1) is 0 Å². The quantitative estimate of drug-likeness (QED) is 0.758. The monoisotopic (exact) mass is 265 g/mol. The molecular formula is C12H15N3O2S. The molecule has 1 unspecified atom stereocenters. The van der Waals surface area contributed by atoms with Crippen molar-refractivity contribution in [1.29, 1.82) is 5.26 Å². The fraction of sp³-hybridized carbons (Fsp3) is 0.417. The topological polar surface area (TPSA) is 87.2 Å². The number of nitrogens with zero attached hydrogens (tertiary/aromatic N) is 2. The molecule has 1 aliphatic heterocycles. The van der Waals surface area contributed by atoms with E-state index in [9.17, 15) is 8.42 Å². The van der Waals surface area contributed by atoms with E-state index in [2.05, 4.69) is 0 Å². The molecule has 2 N–H and O–H groups in total. The van der Waals surface area contributed by atoms with Crippen molar-refractivity contribution in [2.75, 3.05) is 28.7 Å². The molecular weight excluding hydrogens is 250 g/mol. The molecule has 1 aromatic rings. The lowest BCUT2D eigenvalue weighted by molar-refractivity contribution is 0.568. The summed E-state index contributed by atoms with van der Waals surface area (Å²) in [6.45, 7) is 2.33. The van der Waals surface area contributed by atoms with E-state index in [0.717, 1.165) is 5.69 Å². The normalized spacial score (nSPS) is 22.4. The molecule has 0 saturated carbocycles. The Morgan fingerprint density at radius 3 is 2.83 bits per heavy atom. The third kappa shape index (κ3) is 2.41. The first-order chi connectivity index (χ1) is 8.43. The molecule has 1 heterocycles. The van der Waals surface area contributed by atoms with Crippen molar-refractivity contribution in [2.45, 2.75) is 13.0 Å². The van der Waals surface area contributed by atoms with Gasteiger partial charge in [0.15, 0.2) is 9.84 Å². The number of hydrogen-bond donors (Lipinski definition) is 1. The van der Waals surface area contributed by atoms with Crippen LogP contribution in [0.1, 0.15) is 12.5 Å². The number of benzene rings is 1. The molecule has 1 aliphatic rings. The molecule has 1 fully saturated rings. The average Bonchev–Trinajstić information content (AvgIpc) is 2.29. The third-order valence-corrected chi connectivity index (χ3v) is 4.95. The standard InChI is InChI=1S/C12H15N3O2S/c1-9-8-18(16,17)5-4-15(9)11-2-3-12(14)10(6-11)7-13/h2-3,6,9H,4-5,8,14H2,1H3. The predicted molar refractivity (Wildman–Crippen MR) is 71.0 cm³/mol. The summed E-state index contributed by atoms with van der Waals surface area (Å²) in [5.74, 6) is 0.308. The molecule has 0 aliphatic carbocycles. The molecule has 18 heavy (non-hydrogen) atoms. The molecule has 96 valence electrons. The minimum atomic E-state index is -2.93. The van der Waals surface area contributed by atoms with E-state index in [4.69, 9.17) is 11.0 Å². The van der Waals surface area contributed by atoms with Crippen LogP contribution in [0.25, 0.3) is 0 Å². The smallest absolute Gasteiger partial charge is 0.154 e. The van der Waals surface area contributed by atoms with Crippen molar-refractivity contribution in [3.8, 4) is 6.07 Å². The minimum Gasteiger partial charge on any atom is -0.398 e. The summed E-state index contributed by atoms with van der Waals surface area (Å²) >= 11 is 0. The second-order valence-corrected chi connectivity index (χ2v) is 6.77. The molecule has 2 rings (SSSR count). The number of nitriles is 1. The van der Waals surface area contributed by atoms with Gasteiger partial charge in [-0.1, -0.05) is 0 Å². The number of nitrogens with two attached hydrogens (primary N) is 1. The van der Waals surface area contributed by atoms with E-state index in [-0.39, 0.29) is 17.5 Å². The Kier molecular flexibility index (Phi) is 3.18. The second-order valence-electron chi connectivity index (χ2n) is 4.54. The highest BCUT2D eigenvalue weighted by Gasteiger charge is 2.28. The Labute approximate surface area is 107 Å². The van der Waals surface area contributed by atoms with Crippen LogP contribution in [0.4, 0.5) is 11.4 Å². The van der Waals surface area contributed by atoms with Gasteiger partial charge in [0.25, 0.3) is 0 Å². The maximum absolute atomic E-state index is 11.5. The lowest BCUT2D eigenvalue weighted by atomic mass is 10.1. The Morgan fingerprint density at radius 1 is 1.50 bits per heavy atom. The molecule has 6 heteroatoms. The van der Waals surface area contributed by atoms with Crippen LogP contribution < -0.4 is 10.6 Å². The van der Waals surface area contributed by atoms with E-state index in [1.807, 2.05) is 24.0 Å². The summed E-state index contributed by atoms with van der Waals surface area (Å²) in [5, 5.41) is 8.95. The van der Waals surface area contributed by atoms with Crippen molar-refractivity contribution < 1.29 is 8.42 Å². The van der Waals surface area contributed by atoms with Crippen LogP contribution in [0, 0.1) is 11.3 Å². The first-order valence-corrected chi connectivity index (χ1v) is 7.52. The fourth-order valence-corrected chi connectivity index (χ4v) is 3.76. The Bertz CT molecular complexity index is 604. The molecule has 5 nitrogen and oxygen atoms in total. The lowest BCUT2D eigenvalue weighted by Crippen LogP contribution is -2.47. The van der Waals surface area contributed by atoms with Crippen LogP contribution in [-0.2, 0) is 9.84 Å². The average molecular weight is 265 g/mol. The zero-order valence-electron chi connectivity index (χ0n) is 10.1. The summed E-state index contributed by atoms with van der Waals surface area (Å²) < 4.78 is 23.0. The molecule has 0 bridgehead atoms. The third-order valence-electron chi connectivity index (χ3n) is 3.16. The van der Waals surface area contributed by atoms with Crippen molar-refractivity contribution in [3.05, 3.63) is 23.8 Å². The number of hydrogen-bond acceptors (Lipinski definition) is 5. The van der Waals surface area contributed by atoms with Gasteiger partial charge in [-0.05, 0) is 25.1 Å². The number of rotatable bonds is 1. The van der Waals surface area contributed by atoms with Gasteiger partial charge >= 0.3 is 0 Å². The molecule has 0 radical (unpaired) electrons. The van der Waals surface area contributed by atoms with Crippen LogP contribution in [0.2, 0.25) is 0 Å². The van der Waals surface area contributed by atoms with Gasteiger partial charge in [0.2, 0.25) is 0 Å². The molecule has 0 aromatic heterocycles. The maximum atomic E-state index is 11.5. The Morgan fingerprint density at radius 2 is 2.22 bits per heavy atom.